The molecule has 0 aromatic carbocycles. The van der Waals surface area contributed by atoms with Crippen LogP contribution in [0.1, 0.15) is 11.5 Å². The maximum atomic E-state index is 11.3. The summed E-state index contributed by atoms with van der Waals surface area (Å²) < 4.78 is 9.95. The maximum absolute atomic E-state index is 11.3. The zero-order valence-electron chi connectivity index (χ0n) is 8.90. The molecule has 1 rings (SSSR count). The third kappa shape index (κ3) is 3.14. The van der Waals surface area contributed by atoms with E-state index in [0.717, 1.165) is 0 Å². The number of rotatable bonds is 4. The molecule has 1 aromatic heterocycles. The number of esters is 1. The fraction of sp³-hybridized carbons (Fsp3) is 0.167. The van der Waals surface area contributed by atoms with Crippen molar-refractivity contribution in [2.45, 2.75) is 6.92 Å². The lowest BCUT2D eigenvalue weighted by molar-refractivity contribution is -0.137. The summed E-state index contributed by atoms with van der Waals surface area (Å²) in [7, 11) is 0. The van der Waals surface area contributed by atoms with Crippen LogP contribution >= 0.6 is 0 Å². The van der Waals surface area contributed by atoms with E-state index in [9.17, 15) is 4.79 Å². The third-order valence-corrected chi connectivity index (χ3v) is 1.72. The first-order valence-corrected chi connectivity index (χ1v) is 4.63. The summed E-state index contributed by atoms with van der Waals surface area (Å²) in [5, 5.41) is 8.78. The van der Waals surface area contributed by atoms with E-state index in [1.807, 2.05) is 0 Å². The predicted molar refractivity (Wildman–Crippen MR) is 58.2 cm³/mol. The topological polar surface area (TPSA) is 63.2 Å². The van der Waals surface area contributed by atoms with Crippen LogP contribution in [0.5, 0.6) is 0 Å². The molecule has 0 spiro atoms. The van der Waals surface area contributed by atoms with Crippen molar-refractivity contribution in [2.75, 3.05) is 6.61 Å². The van der Waals surface area contributed by atoms with E-state index < -0.39 is 5.97 Å². The first-order valence-electron chi connectivity index (χ1n) is 4.63. The third-order valence-electron chi connectivity index (χ3n) is 1.72. The van der Waals surface area contributed by atoms with Crippen molar-refractivity contribution < 1.29 is 13.9 Å². The zero-order chi connectivity index (χ0) is 12.0. The highest BCUT2D eigenvalue weighted by molar-refractivity contribution is 5.97. The molecular formula is C12H11NO3. The molecule has 0 atom stereocenters. The van der Waals surface area contributed by atoms with Gasteiger partial charge in [-0.15, -0.1) is 0 Å². The van der Waals surface area contributed by atoms with Crippen LogP contribution in [0.25, 0.3) is 6.08 Å². The normalized spacial score (nSPS) is 10.6. The van der Waals surface area contributed by atoms with Crippen LogP contribution in [0.2, 0.25) is 0 Å². The highest BCUT2D eigenvalue weighted by atomic mass is 16.5. The second-order valence-corrected chi connectivity index (χ2v) is 3.01. The molecule has 0 N–H and O–H groups in total. The molecule has 0 radical (unpaired) electrons. The summed E-state index contributed by atoms with van der Waals surface area (Å²) in [6.07, 6.45) is 2.78. The van der Waals surface area contributed by atoms with Crippen LogP contribution in [0, 0.1) is 18.3 Å². The Morgan fingerprint density at radius 3 is 2.94 bits per heavy atom. The van der Waals surface area contributed by atoms with Gasteiger partial charge in [-0.25, -0.2) is 4.79 Å². The Morgan fingerprint density at radius 2 is 2.44 bits per heavy atom. The van der Waals surface area contributed by atoms with Gasteiger partial charge in [-0.1, -0.05) is 12.7 Å². The van der Waals surface area contributed by atoms with E-state index in [0.29, 0.717) is 11.5 Å². The molecule has 16 heavy (non-hydrogen) atoms. The number of hydrogen-bond acceptors (Lipinski definition) is 4. The highest BCUT2D eigenvalue weighted by Gasteiger charge is 2.10. The van der Waals surface area contributed by atoms with Gasteiger partial charge in [0, 0.05) is 6.08 Å². The van der Waals surface area contributed by atoms with Gasteiger partial charge in [0.1, 0.15) is 29.8 Å². The molecule has 82 valence electrons. The van der Waals surface area contributed by atoms with Gasteiger partial charge in [0.25, 0.3) is 0 Å². The quantitative estimate of drug-likeness (QED) is 0.336. The fourth-order valence-corrected chi connectivity index (χ4v) is 1.02. The molecule has 1 heterocycles. The van der Waals surface area contributed by atoms with E-state index in [4.69, 9.17) is 14.4 Å². The van der Waals surface area contributed by atoms with Crippen LogP contribution in [-0.4, -0.2) is 12.6 Å². The van der Waals surface area contributed by atoms with Gasteiger partial charge in [0.2, 0.25) is 0 Å². The summed E-state index contributed by atoms with van der Waals surface area (Å²) in [5.74, 6) is 0.476. The van der Waals surface area contributed by atoms with Gasteiger partial charge >= 0.3 is 5.97 Å². The van der Waals surface area contributed by atoms with Crippen molar-refractivity contribution in [3.63, 3.8) is 0 Å². The minimum atomic E-state index is -0.684. The van der Waals surface area contributed by atoms with Crippen LogP contribution in [0.3, 0.4) is 0 Å². The Bertz CT molecular complexity index is 463. The molecule has 4 nitrogen and oxygen atoms in total. The van der Waals surface area contributed by atoms with Gasteiger partial charge < -0.3 is 9.15 Å². The summed E-state index contributed by atoms with van der Waals surface area (Å²) >= 11 is 0. The van der Waals surface area contributed by atoms with Crippen LogP contribution < -0.4 is 0 Å². The minimum Gasteiger partial charge on any atom is -0.462 e. The lowest BCUT2D eigenvalue weighted by Crippen LogP contribution is -2.06. The minimum absolute atomic E-state index is 0.0784. The SMILES string of the molecule is C=CCOC(=O)/C(C#N)=C\c1ccc(C)o1. The molecular weight excluding hydrogens is 206 g/mol. The Kier molecular flexibility index (Phi) is 4.10. The molecule has 1 aromatic rings. The average Bonchev–Trinajstić information content (AvgIpc) is 2.68. The molecule has 0 amide bonds. The first-order chi connectivity index (χ1) is 7.67. The smallest absolute Gasteiger partial charge is 0.349 e. The van der Waals surface area contributed by atoms with Crippen LogP contribution in [-0.2, 0) is 9.53 Å². The van der Waals surface area contributed by atoms with Gasteiger partial charge in [-0.3, -0.25) is 0 Å². The van der Waals surface area contributed by atoms with Gasteiger partial charge in [-0.2, -0.15) is 5.26 Å². The van der Waals surface area contributed by atoms with Crippen LogP contribution in [0.15, 0.2) is 34.8 Å². The molecule has 0 aliphatic rings. The largest absolute Gasteiger partial charge is 0.462 e. The molecule has 0 aliphatic heterocycles. The number of nitriles is 1. The molecule has 0 unspecified atom stereocenters. The number of nitrogens with zero attached hydrogens (tertiary/aromatic N) is 1. The van der Waals surface area contributed by atoms with Crippen molar-refractivity contribution in [3.8, 4) is 6.07 Å². The van der Waals surface area contributed by atoms with Crippen molar-refractivity contribution in [3.05, 3.63) is 41.9 Å². The van der Waals surface area contributed by atoms with Crippen molar-refractivity contribution in [1.82, 2.24) is 0 Å². The molecule has 0 aliphatic carbocycles. The summed E-state index contributed by atoms with van der Waals surface area (Å²) in [5.41, 5.74) is -0.101. The lowest BCUT2D eigenvalue weighted by Gasteiger charge is -1.98. The van der Waals surface area contributed by atoms with E-state index in [-0.39, 0.29) is 12.2 Å². The average molecular weight is 217 g/mol. The Hall–Kier alpha value is -2.28. The Morgan fingerprint density at radius 1 is 1.69 bits per heavy atom. The van der Waals surface area contributed by atoms with E-state index >= 15 is 0 Å². The number of ether oxygens (including phenoxy) is 1. The standard InChI is InChI=1S/C12H11NO3/c1-3-6-15-12(14)10(8-13)7-11-5-4-9(2)16-11/h3-5,7H,1,6H2,2H3/b10-7-. The zero-order valence-corrected chi connectivity index (χ0v) is 8.90. The predicted octanol–water partition coefficient (Wildman–Crippen LogP) is 2.22. The monoisotopic (exact) mass is 217 g/mol. The Labute approximate surface area is 93.4 Å². The number of furan rings is 1. The molecule has 4 heteroatoms. The first kappa shape index (κ1) is 11.8. The van der Waals surface area contributed by atoms with Crippen LogP contribution in [0.4, 0.5) is 0 Å². The molecule has 0 saturated heterocycles. The van der Waals surface area contributed by atoms with Gasteiger partial charge in [-0.05, 0) is 19.1 Å². The number of carbonyl (C=O) groups excluding carboxylic acids is 1. The fourth-order valence-electron chi connectivity index (χ4n) is 1.02. The second kappa shape index (κ2) is 5.56. The summed E-state index contributed by atoms with van der Waals surface area (Å²) in [6.45, 7) is 5.26. The summed E-state index contributed by atoms with van der Waals surface area (Å²) in [6, 6.07) is 5.18. The van der Waals surface area contributed by atoms with Crippen molar-refractivity contribution >= 4 is 12.0 Å². The highest BCUT2D eigenvalue weighted by Crippen LogP contribution is 2.11. The maximum Gasteiger partial charge on any atom is 0.349 e. The van der Waals surface area contributed by atoms with Crippen molar-refractivity contribution in [2.24, 2.45) is 0 Å². The van der Waals surface area contributed by atoms with Crippen molar-refractivity contribution in [1.29, 1.82) is 5.26 Å². The number of hydrogen-bond donors (Lipinski definition) is 0. The van der Waals surface area contributed by atoms with Gasteiger partial charge in [0.05, 0.1) is 0 Å². The second-order valence-electron chi connectivity index (χ2n) is 3.01. The molecule has 0 fully saturated rings. The molecule has 0 saturated carbocycles. The van der Waals surface area contributed by atoms with E-state index in [2.05, 4.69) is 6.58 Å². The van der Waals surface area contributed by atoms with E-state index in [1.54, 1.807) is 25.1 Å². The van der Waals surface area contributed by atoms with E-state index in [1.165, 1.54) is 12.2 Å². The number of aryl methyl sites for hydroxylation is 1. The summed E-state index contributed by atoms with van der Waals surface area (Å²) in [4.78, 5) is 11.3. The Balaban J connectivity index is 2.82. The van der Waals surface area contributed by atoms with Gasteiger partial charge in [0.15, 0.2) is 0 Å². The molecule has 0 bridgehead atoms. The number of carbonyl (C=O) groups is 1. The lowest BCUT2D eigenvalue weighted by atomic mass is 10.2.